The van der Waals surface area contributed by atoms with E-state index in [0.717, 1.165) is 27.8 Å². The molecule has 8 heteroatoms. The molecule has 5 aromatic rings. The zero-order valence-corrected chi connectivity index (χ0v) is 22.3. The van der Waals surface area contributed by atoms with Crippen molar-refractivity contribution in [2.75, 3.05) is 11.9 Å². The fourth-order valence-corrected chi connectivity index (χ4v) is 5.95. The normalized spacial score (nSPS) is 15.2. The molecular weight excluding hydrogens is 508 g/mol. The van der Waals surface area contributed by atoms with Gasteiger partial charge in [0.25, 0.3) is 11.5 Å². The second-order valence-corrected chi connectivity index (χ2v) is 10.2. The van der Waals surface area contributed by atoms with Crippen LogP contribution in [0, 0.1) is 0 Å². The van der Waals surface area contributed by atoms with Crippen LogP contribution >= 0.6 is 11.3 Å². The van der Waals surface area contributed by atoms with E-state index < -0.39 is 6.04 Å². The molecule has 1 aliphatic rings. The first-order chi connectivity index (χ1) is 19.0. The summed E-state index contributed by atoms with van der Waals surface area (Å²) in [7, 11) is 0. The summed E-state index contributed by atoms with van der Waals surface area (Å²) >= 11 is 1.32. The number of thiazole rings is 1. The average Bonchev–Trinajstić information content (AvgIpc) is 3.49. The fraction of sp³-hybridized carbons (Fsp3) is 0.129. The van der Waals surface area contributed by atoms with Gasteiger partial charge in [-0.25, -0.2) is 4.99 Å². The Kier molecular flexibility index (Phi) is 6.46. The summed E-state index contributed by atoms with van der Waals surface area (Å²) < 4.78 is 7.81. The minimum atomic E-state index is -0.647. The van der Waals surface area contributed by atoms with E-state index in [-0.39, 0.29) is 11.5 Å². The Balaban J connectivity index is 1.51. The molecule has 0 saturated carbocycles. The fourth-order valence-electron chi connectivity index (χ4n) is 4.91. The number of nitrogens with zero attached hydrogens (tertiary/aromatic N) is 2. The summed E-state index contributed by atoms with van der Waals surface area (Å²) in [6.07, 6.45) is 3.79. The van der Waals surface area contributed by atoms with E-state index in [1.54, 1.807) is 4.57 Å². The molecule has 1 amide bonds. The Hall–Kier alpha value is -4.69. The molecule has 0 aliphatic carbocycles. The number of para-hydroxylation sites is 2. The van der Waals surface area contributed by atoms with Crippen LogP contribution in [0.2, 0.25) is 0 Å². The second-order valence-electron chi connectivity index (χ2n) is 9.19. The van der Waals surface area contributed by atoms with Gasteiger partial charge >= 0.3 is 0 Å². The number of carbonyl (C=O) groups excluding carboxylic acids is 1. The van der Waals surface area contributed by atoms with Gasteiger partial charge < -0.3 is 15.0 Å². The first kappa shape index (κ1) is 24.6. The number of hydrogen-bond acceptors (Lipinski definition) is 5. The van der Waals surface area contributed by atoms with Crippen LogP contribution < -0.4 is 24.9 Å². The van der Waals surface area contributed by atoms with Gasteiger partial charge in [0, 0.05) is 28.4 Å². The Morgan fingerprint density at radius 2 is 1.82 bits per heavy atom. The number of hydrogen-bond donors (Lipinski definition) is 2. The molecule has 39 heavy (non-hydrogen) atoms. The summed E-state index contributed by atoms with van der Waals surface area (Å²) in [5.74, 6) is 0.427. The van der Waals surface area contributed by atoms with E-state index >= 15 is 0 Å². The molecule has 1 atom stereocenters. The third-order valence-electron chi connectivity index (χ3n) is 6.71. The minimum Gasteiger partial charge on any atom is -0.494 e. The van der Waals surface area contributed by atoms with Crippen molar-refractivity contribution in [1.29, 1.82) is 0 Å². The number of amides is 1. The molecule has 194 valence electrons. The first-order valence-electron chi connectivity index (χ1n) is 12.7. The Morgan fingerprint density at radius 3 is 2.59 bits per heavy atom. The van der Waals surface area contributed by atoms with Crippen molar-refractivity contribution >= 4 is 39.9 Å². The van der Waals surface area contributed by atoms with Crippen molar-refractivity contribution in [2.45, 2.75) is 19.9 Å². The molecule has 0 spiro atoms. The number of H-pyrrole nitrogens is 1. The maximum Gasteiger partial charge on any atom is 0.271 e. The Morgan fingerprint density at radius 1 is 1.08 bits per heavy atom. The van der Waals surface area contributed by atoms with Crippen LogP contribution in [0.4, 0.5) is 5.69 Å². The number of aromatic amines is 1. The van der Waals surface area contributed by atoms with E-state index in [2.05, 4.69) is 10.3 Å². The van der Waals surface area contributed by atoms with E-state index in [4.69, 9.17) is 9.73 Å². The highest BCUT2D eigenvalue weighted by atomic mass is 32.1. The van der Waals surface area contributed by atoms with E-state index in [1.807, 2.05) is 105 Å². The van der Waals surface area contributed by atoms with Gasteiger partial charge in [0.1, 0.15) is 5.75 Å². The standard InChI is InChI=1S/C31H26N4O3S/c1-3-38-23-15-13-20(14-16-23)28-27(29(36)34-22-9-5-4-6-10-22)19(2)33-31-35(28)30(37)26(39-31)17-21-18-32-25-12-8-7-11-24(21)25/h4-18,28,32H,3H2,1-2H3,(H,34,36)/b26-17-/t28-/m1/s1. The maximum atomic E-state index is 14.0. The summed E-state index contributed by atoms with van der Waals surface area (Å²) in [6, 6.07) is 24.1. The number of anilines is 1. The smallest absolute Gasteiger partial charge is 0.271 e. The maximum absolute atomic E-state index is 14.0. The second kappa shape index (κ2) is 10.2. The molecule has 0 saturated heterocycles. The lowest BCUT2D eigenvalue weighted by Gasteiger charge is -2.25. The van der Waals surface area contributed by atoms with Crippen LogP contribution in [0.3, 0.4) is 0 Å². The number of rotatable bonds is 6. The molecule has 0 fully saturated rings. The van der Waals surface area contributed by atoms with Crippen LogP contribution in [0.5, 0.6) is 5.75 Å². The van der Waals surface area contributed by atoms with Crippen LogP contribution in [-0.4, -0.2) is 22.1 Å². The SMILES string of the molecule is CCOc1ccc([C@@H]2C(C(=O)Nc3ccccc3)=C(C)N=c3s/c(=C\c4c[nH]c5ccccc45)c(=O)n32)cc1. The molecule has 3 aromatic carbocycles. The molecule has 3 heterocycles. The van der Waals surface area contributed by atoms with E-state index in [0.29, 0.717) is 32.9 Å². The lowest BCUT2D eigenvalue weighted by atomic mass is 9.95. The number of benzene rings is 3. The molecule has 0 radical (unpaired) electrons. The summed E-state index contributed by atoms with van der Waals surface area (Å²) in [5, 5.41) is 4.01. The van der Waals surface area contributed by atoms with Gasteiger partial charge in [-0.15, -0.1) is 0 Å². The molecule has 1 aliphatic heterocycles. The van der Waals surface area contributed by atoms with Crippen molar-refractivity contribution in [3.63, 3.8) is 0 Å². The number of aromatic nitrogens is 2. The van der Waals surface area contributed by atoms with Gasteiger partial charge in [0.2, 0.25) is 0 Å². The number of fused-ring (bicyclic) bond motifs is 2. The highest BCUT2D eigenvalue weighted by Crippen LogP contribution is 2.32. The first-order valence-corrected chi connectivity index (χ1v) is 13.5. The van der Waals surface area contributed by atoms with Gasteiger partial charge in [-0.3, -0.25) is 14.2 Å². The Bertz CT molecular complexity index is 1900. The Labute approximate surface area is 228 Å². The van der Waals surface area contributed by atoms with E-state index in [9.17, 15) is 9.59 Å². The molecule has 0 unspecified atom stereocenters. The van der Waals surface area contributed by atoms with Crippen molar-refractivity contribution in [1.82, 2.24) is 9.55 Å². The quantitative estimate of drug-likeness (QED) is 0.329. The van der Waals surface area contributed by atoms with Crippen molar-refractivity contribution in [3.05, 3.63) is 127 Å². The topological polar surface area (TPSA) is 88.5 Å². The molecule has 2 aromatic heterocycles. The molecule has 0 bridgehead atoms. The lowest BCUT2D eigenvalue weighted by Crippen LogP contribution is -2.40. The molecular formula is C31H26N4O3S. The third kappa shape index (κ3) is 4.59. The minimum absolute atomic E-state index is 0.194. The van der Waals surface area contributed by atoms with Crippen LogP contribution in [0.25, 0.3) is 17.0 Å². The zero-order valence-electron chi connectivity index (χ0n) is 21.5. The molecule has 7 nitrogen and oxygen atoms in total. The monoisotopic (exact) mass is 534 g/mol. The predicted octanol–water partition coefficient (Wildman–Crippen LogP) is 4.75. The third-order valence-corrected chi connectivity index (χ3v) is 7.70. The van der Waals surface area contributed by atoms with Crippen LogP contribution in [0.1, 0.15) is 31.0 Å². The largest absolute Gasteiger partial charge is 0.494 e. The van der Waals surface area contributed by atoms with Crippen molar-refractivity contribution in [3.8, 4) is 5.75 Å². The number of allylic oxidation sites excluding steroid dienone is 1. The number of carbonyl (C=O) groups is 1. The summed E-state index contributed by atoms with van der Waals surface area (Å²) in [5.41, 5.74) is 4.19. The van der Waals surface area contributed by atoms with Gasteiger partial charge in [-0.1, -0.05) is 59.9 Å². The van der Waals surface area contributed by atoms with Crippen molar-refractivity contribution < 1.29 is 9.53 Å². The summed E-state index contributed by atoms with van der Waals surface area (Å²) in [6.45, 7) is 4.29. The average molecular weight is 535 g/mol. The van der Waals surface area contributed by atoms with Gasteiger partial charge in [0.15, 0.2) is 4.80 Å². The molecule has 2 N–H and O–H groups in total. The number of ether oxygens (including phenoxy) is 1. The zero-order chi connectivity index (χ0) is 26.9. The summed E-state index contributed by atoms with van der Waals surface area (Å²) in [4.78, 5) is 36.2. The van der Waals surface area contributed by atoms with Crippen LogP contribution in [0.15, 0.2) is 106 Å². The number of nitrogens with one attached hydrogen (secondary N) is 2. The van der Waals surface area contributed by atoms with Gasteiger partial charge in [0.05, 0.1) is 28.5 Å². The lowest BCUT2D eigenvalue weighted by molar-refractivity contribution is -0.113. The van der Waals surface area contributed by atoms with Crippen molar-refractivity contribution in [2.24, 2.45) is 4.99 Å². The highest BCUT2D eigenvalue weighted by molar-refractivity contribution is 7.07. The predicted molar refractivity (Wildman–Crippen MR) is 155 cm³/mol. The van der Waals surface area contributed by atoms with E-state index in [1.165, 1.54) is 11.3 Å². The molecule has 6 rings (SSSR count). The van der Waals surface area contributed by atoms with Gasteiger partial charge in [-0.2, -0.15) is 0 Å². The van der Waals surface area contributed by atoms with Crippen LogP contribution in [-0.2, 0) is 4.79 Å². The van der Waals surface area contributed by atoms with Gasteiger partial charge in [-0.05, 0) is 55.8 Å². The highest BCUT2D eigenvalue weighted by Gasteiger charge is 2.32.